The highest BCUT2D eigenvalue weighted by atomic mass is 35.5. The molecule has 0 radical (unpaired) electrons. The van der Waals surface area contributed by atoms with Gasteiger partial charge in [0.25, 0.3) is 5.78 Å². The molecule has 0 saturated heterocycles. The van der Waals surface area contributed by atoms with Gasteiger partial charge in [-0.25, -0.2) is 9.50 Å². The van der Waals surface area contributed by atoms with Crippen LogP contribution in [0.5, 0.6) is 0 Å². The average molecular weight is 288 g/mol. The van der Waals surface area contributed by atoms with E-state index in [9.17, 15) is 0 Å². The fourth-order valence-electron chi connectivity index (χ4n) is 1.98. The molecule has 1 atom stereocenters. The summed E-state index contributed by atoms with van der Waals surface area (Å²) in [7, 11) is 0. The number of rotatable bonds is 3. The van der Waals surface area contributed by atoms with Crippen molar-refractivity contribution in [2.24, 2.45) is 0 Å². The van der Waals surface area contributed by atoms with E-state index in [1.807, 2.05) is 50.4 Å². The quantitative estimate of drug-likeness (QED) is 0.803. The molecule has 0 saturated carbocycles. The van der Waals surface area contributed by atoms with E-state index < -0.39 is 0 Å². The predicted molar refractivity (Wildman–Crippen MR) is 79.0 cm³/mol. The van der Waals surface area contributed by atoms with Crippen LogP contribution in [0.4, 0.5) is 5.95 Å². The van der Waals surface area contributed by atoms with Crippen LogP contribution in [0.2, 0.25) is 5.02 Å². The first-order valence-electron chi connectivity index (χ1n) is 6.34. The summed E-state index contributed by atoms with van der Waals surface area (Å²) in [4.78, 5) is 8.68. The van der Waals surface area contributed by atoms with Gasteiger partial charge in [-0.1, -0.05) is 23.7 Å². The Morgan fingerprint density at radius 3 is 2.90 bits per heavy atom. The van der Waals surface area contributed by atoms with Crippen molar-refractivity contribution < 1.29 is 0 Å². The number of fused-ring (bicyclic) bond motifs is 1. The van der Waals surface area contributed by atoms with E-state index in [-0.39, 0.29) is 6.04 Å². The van der Waals surface area contributed by atoms with Gasteiger partial charge in [0.15, 0.2) is 0 Å². The Morgan fingerprint density at radius 2 is 2.10 bits per heavy atom. The minimum absolute atomic E-state index is 0.0622. The molecule has 0 amide bonds. The molecule has 1 aromatic carbocycles. The van der Waals surface area contributed by atoms with E-state index in [1.54, 1.807) is 4.52 Å². The molecule has 0 fully saturated rings. The molecule has 0 aliphatic heterocycles. The summed E-state index contributed by atoms with van der Waals surface area (Å²) < 4.78 is 1.65. The van der Waals surface area contributed by atoms with E-state index in [1.165, 1.54) is 0 Å². The summed E-state index contributed by atoms with van der Waals surface area (Å²) in [5.74, 6) is 1.14. The summed E-state index contributed by atoms with van der Waals surface area (Å²) in [5, 5.41) is 8.31. The summed E-state index contributed by atoms with van der Waals surface area (Å²) >= 11 is 6.00. The van der Waals surface area contributed by atoms with Crippen LogP contribution in [0, 0.1) is 6.92 Å². The highest BCUT2D eigenvalue weighted by Crippen LogP contribution is 2.20. The zero-order chi connectivity index (χ0) is 14.1. The van der Waals surface area contributed by atoms with Crippen molar-refractivity contribution in [1.82, 2.24) is 19.6 Å². The first kappa shape index (κ1) is 12.9. The Labute approximate surface area is 121 Å². The Hall–Kier alpha value is -2.14. The largest absolute Gasteiger partial charge is 0.346 e. The van der Waals surface area contributed by atoms with Crippen LogP contribution in [0.3, 0.4) is 0 Å². The van der Waals surface area contributed by atoms with Crippen molar-refractivity contribution in [1.29, 1.82) is 0 Å². The Balaban J connectivity index is 1.85. The van der Waals surface area contributed by atoms with Crippen molar-refractivity contribution in [2.75, 3.05) is 5.32 Å². The lowest BCUT2D eigenvalue weighted by Gasteiger charge is -2.12. The Bertz CT molecular complexity index is 752. The van der Waals surface area contributed by atoms with Crippen LogP contribution in [0.25, 0.3) is 5.78 Å². The second-order valence-corrected chi connectivity index (χ2v) is 5.11. The zero-order valence-corrected chi connectivity index (χ0v) is 12.0. The number of hydrogen-bond donors (Lipinski definition) is 1. The monoisotopic (exact) mass is 287 g/mol. The molecule has 2 heterocycles. The summed E-state index contributed by atoms with van der Waals surface area (Å²) in [6.45, 7) is 3.96. The SMILES string of the molecule is Cc1ccn2nc(N[C@H](C)c3cccc(Cl)c3)nc2n1. The van der Waals surface area contributed by atoms with Crippen molar-refractivity contribution in [3.63, 3.8) is 0 Å². The first-order chi connectivity index (χ1) is 9.61. The molecule has 0 unspecified atom stereocenters. The molecule has 3 aromatic rings. The van der Waals surface area contributed by atoms with Gasteiger partial charge in [0, 0.05) is 16.9 Å². The van der Waals surface area contributed by atoms with Crippen molar-refractivity contribution in [3.8, 4) is 0 Å². The third-order valence-electron chi connectivity index (χ3n) is 3.04. The third kappa shape index (κ3) is 2.58. The summed E-state index contributed by atoms with van der Waals surface area (Å²) in [6, 6.07) is 9.68. The van der Waals surface area contributed by atoms with Crippen LogP contribution in [-0.4, -0.2) is 19.6 Å². The number of aromatic nitrogens is 4. The minimum Gasteiger partial charge on any atom is -0.346 e. The Morgan fingerprint density at radius 1 is 1.25 bits per heavy atom. The number of nitrogens with zero attached hydrogens (tertiary/aromatic N) is 4. The number of anilines is 1. The molecule has 0 aliphatic rings. The van der Waals surface area contributed by atoms with Gasteiger partial charge in [-0.2, -0.15) is 4.98 Å². The lowest BCUT2D eigenvalue weighted by atomic mass is 10.1. The van der Waals surface area contributed by atoms with Crippen LogP contribution in [0.1, 0.15) is 24.2 Å². The summed E-state index contributed by atoms with van der Waals surface area (Å²) in [5.41, 5.74) is 2.00. The predicted octanol–water partition coefficient (Wildman–Crippen LogP) is 3.26. The molecule has 3 rings (SSSR count). The number of benzene rings is 1. The topological polar surface area (TPSA) is 55.1 Å². The molecule has 2 aromatic heterocycles. The number of halogens is 1. The van der Waals surface area contributed by atoms with Gasteiger partial charge in [-0.3, -0.25) is 0 Å². The fourth-order valence-corrected chi connectivity index (χ4v) is 2.18. The second kappa shape index (κ2) is 5.09. The van der Waals surface area contributed by atoms with Gasteiger partial charge in [-0.15, -0.1) is 5.10 Å². The second-order valence-electron chi connectivity index (χ2n) is 4.67. The highest BCUT2D eigenvalue weighted by Gasteiger charge is 2.10. The molecule has 6 heteroatoms. The average Bonchev–Trinajstić information content (AvgIpc) is 2.80. The normalized spacial score (nSPS) is 12.6. The van der Waals surface area contributed by atoms with Crippen LogP contribution in [-0.2, 0) is 0 Å². The summed E-state index contributed by atoms with van der Waals surface area (Å²) in [6.07, 6.45) is 1.85. The molecule has 0 bridgehead atoms. The molecule has 102 valence electrons. The number of nitrogens with one attached hydrogen (secondary N) is 1. The molecule has 5 nitrogen and oxygen atoms in total. The smallest absolute Gasteiger partial charge is 0.254 e. The maximum absolute atomic E-state index is 6.00. The van der Waals surface area contributed by atoms with E-state index in [0.29, 0.717) is 11.7 Å². The number of hydrogen-bond acceptors (Lipinski definition) is 4. The molecule has 0 spiro atoms. The maximum atomic E-state index is 6.00. The lowest BCUT2D eigenvalue weighted by Crippen LogP contribution is -2.07. The van der Waals surface area contributed by atoms with Gasteiger partial charge in [0.2, 0.25) is 5.95 Å². The van der Waals surface area contributed by atoms with Crippen LogP contribution in [0.15, 0.2) is 36.5 Å². The van der Waals surface area contributed by atoms with Crippen molar-refractivity contribution in [3.05, 3.63) is 52.8 Å². The van der Waals surface area contributed by atoms with Gasteiger partial charge in [-0.05, 0) is 37.6 Å². The van der Waals surface area contributed by atoms with Gasteiger partial charge < -0.3 is 5.32 Å². The van der Waals surface area contributed by atoms with Gasteiger partial charge >= 0.3 is 0 Å². The van der Waals surface area contributed by atoms with E-state index in [0.717, 1.165) is 16.3 Å². The molecule has 1 N–H and O–H groups in total. The Kier molecular flexibility index (Phi) is 3.28. The molecule has 20 heavy (non-hydrogen) atoms. The minimum atomic E-state index is 0.0622. The molecule has 0 aliphatic carbocycles. The van der Waals surface area contributed by atoms with Crippen molar-refractivity contribution in [2.45, 2.75) is 19.9 Å². The zero-order valence-electron chi connectivity index (χ0n) is 11.2. The first-order valence-corrected chi connectivity index (χ1v) is 6.71. The van der Waals surface area contributed by atoms with E-state index in [2.05, 4.69) is 20.4 Å². The maximum Gasteiger partial charge on any atom is 0.254 e. The van der Waals surface area contributed by atoms with E-state index >= 15 is 0 Å². The van der Waals surface area contributed by atoms with Gasteiger partial charge in [0.05, 0.1) is 6.04 Å². The standard InChI is InChI=1S/C14H14ClN5/c1-9-6-7-20-14(16-9)18-13(19-20)17-10(2)11-4-3-5-12(15)8-11/h3-8,10H,1-2H3,(H,17,19)/t10-/m1/s1. The van der Waals surface area contributed by atoms with Crippen LogP contribution < -0.4 is 5.32 Å². The van der Waals surface area contributed by atoms with Gasteiger partial charge in [0.1, 0.15) is 0 Å². The van der Waals surface area contributed by atoms with E-state index in [4.69, 9.17) is 11.6 Å². The third-order valence-corrected chi connectivity index (χ3v) is 3.28. The highest BCUT2D eigenvalue weighted by molar-refractivity contribution is 6.30. The lowest BCUT2D eigenvalue weighted by molar-refractivity contribution is 0.851. The van der Waals surface area contributed by atoms with Crippen LogP contribution >= 0.6 is 11.6 Å². The fraction of sp³-hybridized carbons (Fsp3) is 0.214. The number of aryl methyl sites for hydroxylation is 1. The molecular weight excluding hydrogens is 274 g/mol. The van der Waals surface area contributed by atoms with Crippen molar-refractivity contribution >= 4 is 23.3 Å². The molecular formula is C14H14ClN5.